The van der Waals surface area contributed by atoms with Crippen LogP contribution in [0.25, 0.3) is 0 Å². The molecule has 3 nitrogen and oxygen atoms in total. The molecule has 3 heteroatoms. The quantitative estimate of drug-likeness (QED) is 0.552. The molecule has 3 aromatic rings. The van der Waals surface area contributed by atoms with Gasteiger partial charge in [0.1, 0.15) is 0 Å². The molecule has 1 saturated carbocycles. The van der Waals surface area contributed by atoms with Crippen molar-refractivity contribution in [2.24, 2.45) is 11.8 Å². The van der Waals surface area contributed by atoms with Crippen LogP contribution >= 0.6 is 0 Å². The second-order valence-electron chi connectivity index (χ2n) is 8.51. The summed E-state index contributed by atoms with van der Waals surface area (Å²) >= 11 is 0. The summed E-state index contributed by atoms with van der Waals surface area (Å²) < 4.78 is 0. The molecule has 150 valence electrons. The second-order valence-corrected chi connectivity index (χ2v) is 8.51. The molecule has 1 aliphatic heterocycles. The van der Waals surface area contributed by atoms with Crippen LogP contribution < -0.4 is 4.90 Å². The van der Waals surface area contributed by atoms with E-state index in [1.807, 2.05) is 67.6 Å². The van der Waals surface area contributed by atoms with Crippen LogP contribution in [-0.4, -0.2) is 11.8 Å². The number of hydrogen-bond donors (Lipinski definition) is 0. The number of amides is 2. The van der Waals surface area contributed by atoms with Crippen LogP contribution in [0.4, 0.5) is 5.69 Å². The SMILES string of the molecule is Cc1cccc(N2C(=O)[C@@H]3[C@H](C2=O)[C@H](c2ccccc2)CC[C@H]3c2ccccc2)c1. The monoisotopic (exact) mass is 395 g/mol. The third-order valence-electron chi connectivity index (χ3n) is 6.77. The lowest BCUT2D eigenvalue weighted by Crippen LogP contribution is -2.34. The number of benzene rings is 3. The Balaban J connectivity index is 1.61. The molecule has 0 bridgehead atoms. The molecule has 1 aliphatic carbocycles. The van der Waals surface area contributed by atoms with E-state index in [9.17, 15) is 9.59 Å². The van der Waals surface area contributed by atoms with Crippen molar-refractivity contribution in [2.75, 3.05) is 4.90 Å². The van der Waals surface area contributed by atoms with Crippen molar-refractivity contribution in [3.05, 3.63) is 102 Å². The first-order chi connectivity index (χ1) is 14.6. The first-order valence-corrected chi connectivity index (χ1v) is 10.7. The Hall–Kier alpha value is -3.20. The molecule has 1 saturated heterocycles. The van der Waals surface area contributed by atoms with E-state index in [0.29, 0.717) is 5.69 Å². The van der Waals surface area contributed by atoms with Crippen molar-refractivity contribution in [3.8, 4) is 0 Å². The molecule has 30 heavy (non-hydrogen) atoms. The van der Waals surface area contributed by atoms with E-state index in [-0.39, 0.29) is 35.5 Å². The summed E-state index contributed by atoms with van der Waals surface area (Å²) in [6.45, 7) is 1.99. The number of fused-ring (bicyclic) bond motifs is 1. The Bertz CT molecular complexity index is 1010. The zero-order valence-corrected chi connectivity index (χ0v) is 17.1. The summed E-state index contributed by atoms with van der Waals surface area (Å²) in [5.74, 6) is -0.598. The first-order valence-electron chi connectivity index (χ1n) is 10.7. The summed E-state index contributed by atoms with van der Waals surface area (Å²) in [7, 11) is 0. The molecule has 2 amide bonds. The summed E-state index contributed by atoms with van der Waals surface area (Å²) in [5.41, 5.74) is 4.05. The minimum absolute atomic E-state index is 0.0508. The highest BCUT2D eigenvalue weighted by Crippen LogP contribution is 2.53. The van der Waals surface area contributed by atoms with Gasteiger partial charge in [-0.2, -0.15) is 0 Å². The van der Waals surface area contributed by atoms with Crippen molar-refractivity contribution in [2.45, 2.75) is 31.6 Å². The number of carbonyl (C=O) groups is 2. The highest BCUT2D eigenvalue weighted by molar-refractivity contribution is 6.22. The Kier molecular flexibility index (Phi) is 4.74. The lowest BCUT2D eigenvalue weighted by molar-refractivity contribution is -0.122. The molecule has 4 atom stereocenters. The zero-order chi connectivity index (χ0) is 20.7. The van der Waals surface area contributed by atoms with Gasteiger partial charge in [-0.15, -0.1) is 0 Å². The van der Waals surface area contributed by atoms with E-state index in [1.165, 1.54) is 4.90 Å². The summed E-state index contributed by atoms with van der Waals surface area (Å²) in [5, 5.41) is 0. The molecule has 0 aromatic heterocycles. The molecule has 0 N–H and O–H groups in total. The van der Waals surface area contributed by atoms with E-state index >= 15 is 0 Å². The van der Waals surface area contributed by atoms with Gasteiger partial charge in [-0.1, -0.05) is 72.8 Å². The van der Waals surface area contributed by atoms with Gasteiger partial charge in [0.2, 0.25) is 11.8 Å². The van der Waals surface area contributed by atoms with Crippen molar-refractivity contribution in [1.82, 2.24) is 0 Å². The highest BCUT2D eigenvalue weighted by atomic mass is 16.2. The summed E-state index contributed by atoms with van der Waals surface area (Å²) in [6, 6.07) is 28.2. The fourth-order valence-corrected chi connectivity index (χ4v) is 5.45. The third kappa shape index (κ3) is 3.06. The lowest BCUT2D eigenvalue weighted by Gasteiger charge is -2.37. The van der Waals surface area contributed by atoms with E-state index in [2.05, 4.69) is 24.3 Å². The molecule has 1 heterocycles. The number of imide groups is 1. The maximum atomic E-state index is 13.7. The third-order valence-corrected chi connectivity index (χ3v) is 6.77. The van der Waals surface area contributed by atoms with E-state index in [1.54, 1.807) is 0 Å². The van der Waals surface area contributed by atoms with Crippen LogP contribution in [0.3, 0.4) is 0 Å². The van der Waals surface area contributed by atoms with Gasteiger partial charge in [-0.3, -0.25) is 14.5 Å². The largest absolute Gasteiger partial charge is 0.274 e. The maximum Gasteiger partial charge on any atom is 0.238 e. The molecule has 0 spiro atoms. The second kappa shape index (κ2) is 7.56. The van der Waals surface area contributed by atoms with Gasteiger partial charge >= 0.3 is 0 Å². The average Bonchev–Trinajstić information content (AvgIpc) is 3.05. The molecule has 5 rings (SSSR count). The standard InChI is InChI=1S/C27H25NO2/c1-18-9-8-14-21(17-18)28-26(29)24-22(19-10-4-2-5-11-19)15-16-23(25(24)27(28)30)20-12-6-3-7-13-20/h2-14,17,22-25H,15-16H2,1H3/t22-,23-,24-,25+/m0/s1. The minimum Gasteiger partial charge on any atom is -0.274 e. The van der Waals surface area contributed by atoms with E-state index in [4.69, 9.17) is 0 Å². The first kappa shape index (κ1) is 18.8. The van der Waals surface area contributed by atoms with Crippen molar-refractivity contribution in [3.63, 3.8) is 0 Å². The van der Waals surface area contributed by atoms with E-state index < -0.39 is 0 Å². The van der Waals surface area contributed by atoms with Gasteiger partial charge in [0.15, 0.2) is 0 Å². The topological polar surface area (TPSA) is 37.4 Å². The Morgan fingerprint density at radius 1 is 0.667 bits per heavy atom. The van der Waals surface area contributed by atoms with Gasteiger partial charge in [0.05, 0.1) is 17.5 Å². The number of anilines is 1. The Morgan fingerprint density at radius 3 is 1.63 bits per heavy atom. The summed E-state index contributed by atoms with van der Waals surface area (Å²) in [4.78, 5) is 28.9. The molecule has 0 radical (unpaired) electrons. The highest BCUT2D eigenvalue weighted by Gasteiger charge is 2.56. The van der Waals surface area contributed by atoms with Crippen LogP contribution in [-0.2, 0) is 9.59 Å². The van der Waals surface area contributed by atoms with Crippen LogP contribution in [0.2, 0.25) is 0 Å². The van der Waals surface area contributed by atoms with Crippen LogP contribution in [0.5, 0.6) is 0 Å². The predicted octanol–water partition coefficient (Wildman–Crippen LogP) is 5.46. The normalized spacial score (nSPS) is 26.0. The number of hydrogen-bond acceptors (Lipinski definition) is 2. The van der Waals surface area contributed by atoms with Crippen molar-refractivity contribution in [1.29, 1.82) is 0 Å². The molecular weight excluding hydrogens is 370 g/mol. The van der Waals surface area contributed by atoms with Gasteiger partial charge in [0, 0.05) is 0 Å². The number of carbonyl (C=O) groups excluding carboxylic acids is 2. The fourth-order valence-electron chi connectivity index (χ4n) is 5.45. The smallest absolute Gasteiger partial charge is 0.238 e. The van der Waals surface area contributed by atoms with Crippen LogP contribution in [0, 0.1) is 18.8 Å². The van der Waals surface area contributed by atoms with Crippen LogP contribution in [0.15, 0.2) is 84.9 Å². The minimum atomic E-state index is -0.320. The van der Waals surface area contributed by atoms with Gasteiger partial charge < -0.3 is 0 Å². The number of rotatable bonds is 3. The fraction of sp³-hybridized carbons (Fsp3) is 0.259. The lowest BCUT2D eigenvalue weighted by atomic mass is 9.64. The van der Waals surface area contributed by atoms with Gasteiger partial charge in [-0.25, -0.2) is 0 Å². The van der Waals surface area contributed by atoms with Gasteiger partial charge in [-0.05, 0) is 60.4 Å². The molecule has 2 aliphatic rings. The molecular formula is C27H25NO2. The average molecular weight is 396 g/mol. The summed E-state index contributed by atoms with van der Waals surface area (Å²) in [6.07, 6.45) is 1.82. The molecule has 3 aromatic carbocycles. The predicted molar refractivity (Wildman–Crippen MR) is 118 cm³/mol. The van der Waals surface area contributed by atoms with Crippen molar-refractivity contribution < 1.29 is 9.59 Å². The molecule has 2 fully saturated rings. The Labute approximate surface area is 177 Å². The molecule has 0 unspecified atom stereocenters. The van der Waals surface area contributed by atoms with Crippen molar-refractivity contribution >= 4 is 17.5 Å². The van der Waals surface area contributed by atoms with Gasteiger partial charge in [0.25, 0.3) is 0 Å². The number of aryl methyl sites for hydroxylation is 1. The number of nitrogens with zero attached hydrogens (tertiary/aromatic N) is 1. The maximum absolute atomic E-state index is 13.7. The Morgan fingerprint density at radius 2 is 1.17 bits per heavy atom. The van der Waals surface area contributed by atoms with Crippen LogP contribution in [0.1, 0.15) is 41.4 Å². The van der Waals surface area contributed by atoms with E-state index in [0.717, 1.165) is 29.5 Å². The zero-order valence-electron chi connectivity index (χ0n) is 17.1.